The molecule has 2 aromatic carbocycles. The van der Waals surface area contributed by atoms with Gasteiger partial charge in [0.1, 0.15) is 0 Å². The molecular weight excluding hydrogens is 392 g/mol. The summed E-state index contributed by atoms with van der Waals surface area (Å²) in [6.45, 7) is 4.16. The molecule has 0 aromatic heterocycles. The van der Waals surface area contributed by atoms with Crippen LogP contribution in [0.4, 0.5) is 0 Å². The van der Waals surface area contributed by atoms with Crippen molar-refractivity contribution in [1.82, 2.24) is 0 Å². The van der Waals surface area contributed by atoms with E-state index in [1.54, 1.807) is 14.2 Å². The topological polar surface area (TPSA) is 86.7 Å². The highest BCUT2D eigenvalue weighted by Gasteiger charge is 2.36. The lowest BCUT2D eigenvalue weighted by molar-refractivity contribution is 0.0349. The lowest BCUT2D eigenvalue weighted by Crippen LogP contribution is -2.33. The average Bonchev–Trinajstić information content (AvgIpc) is 3.18. The van der Waals surface area contributed by atoms with E-state index in [9.17, 15) is 5.26 Å². The van der Waals surface area contributed by atoms with Crippen LogP contribution in [0.5, 0.6) is 23.0 Å². The van der Waals surface area contributed by atoms with E-state index < -0.39 is 5.41 Å². The van der Waals surface area contributed by atoms with Gasteiger partial charge >= 0.3 is 0 Å². The zero-order valence-corrected chi connectivity index (χ0v) is 18.8. The SMILES string of the molecule is COc1ccc(C(C#N)(CCCC(N)CC2Oc3ccccc3O2)C(C)C)cc1OC. The number of fused-ring (bicyclic) bond motifs is 1. The maximum atomic E-state index is 10.2. The summed E-state index contributed by atoms with van der Waals surface area (Å²) in [5, 5.41) is 10.2. The molecule has 0 saturated carbocycles. The molecule has 1 aliphatic heterocycles. The summed E-state index contributed by atoms with van der Waals surface area (Å²) in [6.07, 6.45) is 2.55. The lowest BCUT2D eigenvalue weighted by atomic mass is 9.69. The number of ether oxygens (including phenoxy) is 4. The van der Waals surface area contributed by atoms with Crippen molar-refractivity contribution in [3.8, 4) is 29.1 Å². The smallest absolute Gasteiger partial charge is 0.243 e. The quantitative estimate of drug-likeness (QED) is 0.589. The van der Waals surface area contributed by atoms with Crippen molar-refractivity contribution >= 4 is 0 Å². The first-order chi connectivity index (χ1) is 14.9. The molecule has 0 fully saturated rings. The fourth-order valence-electron chi connectivity index (χ4n) is 4.19. The third kappa shape index (κ3) is 4.88. The Balaban J connectivity index is 1.62. The minimum absolute atomic E-state index is 0.0757. The number of benzene rings is 2. The fraction of sp³-hybridized carbons (Fsp3) is 0.480. The van der Waals surface area contributed by atoms with Crippen LogP contribution in [0.3, 0.4) is 0 Å². The number of nitrogens with two attached hydrogens (primary N) is 1. The van der Waals surface area contributed by atoms with Gasteiger partial charge in [-0.15, -0.1) is 0 Å². The first-order valence-electron chi connectivity index (χ1n) is 10.7. The van der Waals surface area contributed by atoms with Gasteiger partial charge in [0.15, 0.2) is 23.0 Å². The predicted octanol–water partition coefficient (Wildman–Crippen LogP) is 4.81. The van der Waals surface area contributed by atoms with E-state index in [4.69, 9.17) is 24.7 Å². The molecule has 0 amide bonds. The van der Waals surface area contributed by atoms with Crippen LogP contribution in [0, 0.1) is 17.2 Å². The van der Waals surface area contributed by atoms with Gasteiger partial charge in [-0.05, 0) is 55.0 Å². The largest absolute Gasteiger partial charge is 0.493 e. The Morgan fingerprint density at radius 2 is 1.71 bits per heavy atom. The molecule has 31 heavy (non-hydrogen) atoms. The molecule has 0 saturated heterocycles. The van der Waals surface area contributed by atoms with E-state index in [-0.39, 0.29) is 18.2 Å². The molecule has 2 unspecified atom stereocenters. The summed E-state index contributed by atoms with van der Waals surface area (Å²) in [4.78, 5) is 0. The molecule has 2 N–H and O–H groups in total. The van der Waals surface area contributed by atoms with Crippen LogP contribution >= 0.6 is 0 Å². The highest BCUT2D eigenvalue weighted by Crippen LogP contribution is 2.41. The van der Waals surface area contributed by atoms with Gasteiger partial charge in [0, 0.05) is 12.5 Å². The number of methoxy groups -OCH3 is 2. The van der Waals surface area contributed by atoms with Crippen LogP contribution in [0.15, 0.2) is 42.5 Å². The minimum atomic E-state index is -0.629. The van der Waals surface area contributed by atoms with E-state index in [1.807, 2.05) is 42.5 Å². The van der Waals surface area contributed by atoms with E-state index in [0.717, 1.165) is 29.9 Å². The van der Waals surface area contributed by atoms with Crippen molar-refractivity contribution in [2.45, 2.75) is 57.3 Å². The Hall–Kier alpha value is -2.91. The molecule has 2 atom stereocenters. The van der Waals surface area contributed by atoms with Crippen LogP contribution in [-0.2, 0) is 5.41 Å². The lowest BCUT2D eigenvalue weighted by Gasteiger charge is -2.32. The Morgan fingerprint density at radius 3 is 2.26 bits per heavy atom. The first kappa shape index (κ1) is 22.8. The Bertz CT molecular complexity index is 899. The molecule has 0 aliphatic carbocycles. The standard InChI is InChI=1S/C25H32N2O4/c1-17(2)25(16-26,18-11-12-20(28-3)23(14-18)29-4)13-7-8-19(27)15-24-30-21-9-5-6-10-22(21)31-24/h5-6,9-12,14,17,19,24H,7-8,13,15,27H2,1-4H3. The third-order valence-corrected chi connectivity index (χ3v) is 6.09. The van der Waals surface area contributed by atoms with Crippen LogP contribution in [0.2, 0.25) is 0 Å². The molecule has 0 radical (unpaired) electrons. The first-order valence-corrected chi connectivity index (χ1v) is 10.7. The second kappa shape index (κ2) is 9.93. The molecule has 2 aromatic rings. The zero-order valence-electron chi connectivity index (χ0n) is 18.8. The van der Waals surface area contributed by atoms with Crippen molar-refractivity contribution in [2.75, 3.05) is 14.2 Å². The third-order valence-electron chi connectivity index (χ3n) is 6.09. The Labute approximate surface area is 184 Å². The fourth-order valence-corrected chi connectivity index (χ4v) is 4.19. The second-order valence-electron chi connectivity index (χ2n) is 8.31. The van der Waals surface area contributed by atoms with Crippen molar-refractivity contribution < 1.29 is 18.9 Å². The summed E-state index contributed by atoms with van der Waals surface area (Å²) < 4.78 is 22.4. The molecule has 0 spiro atoms. The Kier molecular flexibility index (Phi) is 7.29. The van der Waals surface area contributed by atoms with Crippen molar-refractivity contribution in [2.24, 2.45) is 11.7 Å². The molecular formula is C25H32N2O4. The highest BCUT2D eigenvalue weighted by atomic mass is 16.7. The van der Waals surface area contributed by atoms with E-state index >= 15 is 0 Å². The van der Waals surface area contributed by atoms with Crippen LogP contribution in [-0.4, -0.2) is 26.6 Å². The number of nitriles is 1. The van der Waals surface area contributed by atoms with Crippen LogP contribution in [0.25, 0.3) is 0 Å². The van der Waals surface area contributed by atoms with E-state index in [2.05, 4.69) is 19.9 Å². The van der Waals surface area contributed by atoms with E-state index in [1.165, 1.54) is 0 Å². The van der Waals surface area contributed by atoms with E-state index in [0.29, 0.717) is 24.3 Å². The maximum absolute atomic E-state index is 10.2. The molecule has 6 nitrogen and oxygen atoms in total. The number of rotatable bonds is 10. The number of hydrogen-bond donors (Lipinski definition) is 1. The zero-order chi connectivity index (χ0) is 22.4. The number of nitrogens with zero attached hydrogens (tertiary/aromatic N) is 1. The van der Waals surface area contributed by atoms with Gasteiger partial charge in [-0.25, -0.2) is 0 Å². The average molecular weight is 425 g/mol. The van der Waals surface area contributed by atoms with Gasteiger partial charge in [0.2, 0.25) is 6.29 Å². The van der Waals surface area contributed by atoms with Gasteiger partial charge < -0.3 is 24.7 Å². The number of hydrogen-bond acceptors (Lipinski definition) is 6. The normalized spacial score (nSPS) is 15.9. The molecule has 3 rings (SSSR count). The van der Waals surface area contributed by atoms with Gasteiger partial charge in [0.25, 0.3) is 0 Å². The summed E-state index contributed by atoms with van der Waals surface area (Å²) in [6, 6.07) is 15.9. The number of para-hydroxylation sites is 2. The molecule has 6 heteroatoms. The molecule has 166 valence electrons. The van der Waals surface area contributed by atoms with Crippen LogP contribution < -0.4 is 24.7 Å². The van der Waals surface area contributed by atoms with Gasteiger partial charge in [-0.3, -0.25) is 0 Å². The second-order valence-corrected chi connectivity index (χ2v) is 8.31. The van der Waals surface area contributed by atoms with Crippen LogP contribution in [0.1, 0.15) is 45.1 Å². The summed E-state index contributed by atoms with van der Waals surface area (Å²) >= 11 is 0. The van der Waals surface area contributed by atoms with Gasteiger partial charge in [0.05, 0.1) is 25.7 Å². The summed E-state index contributed by atoms with van der Waals surface area (Å²) in [5.41, 5.74) is 6.69. The predicted molar refractivity (Wildman–Crippen MR) is 120 cm³/mol. The minimum Gasteiger partial charge on any atom is -0.493 e. The molecule has 1 heterocycles. The molecule has 0 bridgehead atoms. The van der Waals surface area contributed by atoms with Gasteiger partial charge in [-0.1, -0.05) is 32.0 Å². The molecule has 1 aliphatic rings. The summed E-state index contributed by atoms with van der Waals surface area (Å²) in [7, 11) is 3.21. The highest BCUT2D eigenvalue weighted by molar-refractivity contribution is 5.47. The summed E-state index contributed by atoms with van der Waals surface area (Å²) in [5.74, 6) is 2.93. The Morgan fingerprint density at radius 1 is 1.06 bits per heavy atom. The van der Waals surface area contributed by atoms with Crippen molar-refractivity contribution in [3.05, 3.63) is 48.0 Å². The van der Waals surface area contributed by atoms with Crippen molar-refractivity contribution in [1.29, 1.82) is 5.26 Å². The monoisotopic (exact) mass is 424 g/mol. The van der Waals surface area contributed by atoms with Crippen molar-refractivity contribution in [3.63, 3.8) is 0 Å². The van der Waals surface area contributed by atoms with Gasteiger partial charge in [-0.2, -0.15) is 5.26 Å². The maximum Gasteiger partial charge on any atom is 0.243 e.